The molecule has 0 bridgehead atoms. The molecule has 0 spiro atoms. The van der Waals surface area contributed by atoms with Gasteiger partial charge in [-0.2, -0.15) is 14.9 Å². The van der Waals surface area contributed by atoms with Gasteiger partial charge in [0.1, 0.15) is 23.9 Å². The number of carbonyl (C=O) groups excluding carboxylic acids is 2. The lowest BCUT2D eigenvalue weighted by atomic mass is 9.96. The van der Waals surface area contributed by atoms with Crippen molar-refractivity contribution in [3.8, 4) is 12.1 Å². The zero-order valence-corrected chi connectivity index (χ0v) is 30.8. The topological polar surface area (TPSA) is 175 Å². The van der Waals surface area contributed by atoms with Crippen LogP contribution in [0.2, 0.25) is 0 Å². The number of fused-ring (bicyclic) bond motifs is 1. The molecule has 1 aliphatic rings. The van der Waals surface area contributed by atoms with E-state index in [9.17, 15) is 24.5 Å². The normalized spacial score (nSPS) is 14.2. The van der Waals surface area contributed by atoms with Crippen LogP contribution in [0.3, 0.4) is 0 Å². The van der Waals surface area contributed by atoms with E-state index in [0.717, 1.165) is 19.2 Å². The summed E-state index contributed by atoms with van der Waals surface area (Å²) in [6.45, 7) is 14.9. The van der Waals surface area contributed by atoms with Gasteiger partial charge in [0.25, 0.3) is 0 Å². The molecule has 1 aliphatic heterocycles. The molecular formula is C38H43FN10O4. The molecule has 4 heterocycles. The maximum Gasteiger partial charge on any atom is 0.418 e. The van der Waals surface area contributed by atoms with Crippen molar-refractivity contribution in [2.24, 2.45) is 11.3 Å². The van der Waals surface area contributed by atoms with Crippen molar-refractivity contribution >= 4 is 40.0 Å². The number of likely N-dealkylation sites (tertiary alicyclic amines) is 1. The first-order chi connectivity index (χ1) is 25.2. The molecule has 1 atom stereocenters. The highest BCUT2D eigenvalue weighted by Crippen LogP contribution is 2.39. The van der Waals surface area contributed by atoms with Crippen LogP contribution in [-0.4, -0.2) is 75.4 Å². The van der Waals surface area contributed by atoms with Crippen molar-refractivity contribution < 1.29 is 23.5 Å². The summed E-state index contributed by atoms with van der Waals surface area (Å²) in [5.41, 5.74) is 2.48. The molecule has 14 nitrogen and oxygen atoms in total. The number of piperidine rings is 1. The van der Waals surface area contributed by atoms with Crippen LogP contribution in [0.4, 0.5) is 20.6 Å². The van der Waals surface area contributed by atoms with E-state index in [-0.39, 0.29) is 39.5 Å². The van der Waals surface area contributed by atoms with Crippen LogP contribution in [-0.2, 0) is 14.3 Å². The van der Waals surface area contributed by atoms with Gasteiger partial charge in [-0.25, -0.2) is 14.5 Å². The van der Waals surface area contributed by atoms with Crippen molar-refractivity contribution in [2.45, 2.75) is 59.9 Å². The lowest BCUT2D eigenvalue weighted by Crippen LogP contribution is -2.38. The molecule has 1 amide bonds. The maximum absolute atomic E-state index is 14.5. The summed E-state index contributed by atoms with van der Waals surface area (Å²) >= 11 is 0. The van der Waals surface area contributed by atoms with E-state index in [1.54, 1.807) is 19.2 Å². The van der Waals surface area contributed by atoms with E-state index in [1.165, 1.54) is 27.9 Å². The van der Waals surface area contributed by atoms with E-state index >= 15 is 0 Å². The number of nitrogens with one attached hydrogen (secondary N) is 1. The summed E-state index contributed by atoms with van der Waals surface area (Å²) in [5.74, 6) is -1.54. The van der Waals surface area contributed by atoms with Gasteiger partial charge >= 0.3 is 12.1 Å². The standard InChI is InChI=1S/C38H43FN10O4/c1-8-23(2)48-20-31(45-46-48)35(29-9-10-32(39)44-24(29)3)49(37(51)53-22-52-36(50)25-11-13-47(7)14-12-25)28-15-26(17-40)33-30(16-28)34(27(18-41)19-42-33)43-21-38(4,5)6/h9-10,15-16,19-20,25,35H,2,8,11-14,21-22H2,1,3-7H3,(H,42,43)/t35-/m0/s1. The number of benzene rings is 1. The summed E-state index contributed by atoms with van der Waals surface area (Å²) in [6.07, 6.45) is 3.80. The van der Waals surface area contributed by atoms with E-state index in [4.69, 9.17) is 9.47 Å². The molecule has 0 radical (unpaired) electrons. The predicted molar refractivity (Wildman–Crippen MR) is 196 cm³/mol. The number of ether oxygens (including phenoxy) is 2. The number of amides is 1. The highest BCUT2D eigenvalue weighted by molar-refractivity contribution is 6.01. The van der Waals surface area contributed by atoms with Crippen molar-refractivity contribution in [1.82, 2.24) is 29.9 Å². The first kappa shape index (κ1) is 38.3. The summed E-state index contributed by atoms with van der Waals surface area (Å²) in [6, 6.07) is 8.92. The van der Waals surface area contributed by atoms with Crippen molar-refractivity contribution in [3.63, 3.8) is 0 Å². The van der Waals surface area contributed by atoms with Gasteiger partial charge in [0.05, 0.1) is 40.1 Å². The quantitative estimate of drug-likeness (QED) is 0.104. The number of aromatic nitrogens is 5. The Balaban J connectivity index is 1.68. The van der Waals surface area contributed by atoms with Crippen LogP contribution in [0.25, 0.3) is 16.6 Å². The molecule has 0 aliphatic carbocycles. The molecule has 0 unspecified atom stereocenters. The molecule has 1 N–H and O–H groups in total. The molecule has 4 aromatic rings. The molecule has 1 aromatic carbocycles. The number of halogens is 1. The number of nitrogens with zero attached hydrogens (tertiary/aromatic N) is 9. The first-order valence-corrected chi connectivity index (χ1v) is 17.3. The summed E-state index contributed by atoms with van der Waals surface area (Å²) in [4.78, 5) is 39.2. The minimum atomic E-state index is -1.15. The third-order valence-corrected chi connectivity index (χ3v) is 9.07. The number of allylic oxidation sites excluding steroid dienone is 1. The zero-order valence-electron chi connectivity index (χ0n) is 30.8. The lowest BCUT2D eigenvalue weighted by molar-refractivity contribution is -0.158. The van der Waals surface area contributed by atoms with E-state index < -0.39 is 30.8 Å². The Hall–Kier alpha value is -5.93. The van der Waals surface area contributed by atoms with Crippen LogP contribution >= 0.6 is 0 Å². The molecule has 3 aromatic heterocycles. The summed E-state index contributed by atoms with van der Waals surface area (Å²) in [5, 5.41) is 32.8. The largest absolute Gasteiger partial charge is 0.428 e. The van der Waals surface area contributed by atoms with Crippen molar-refractivity contribution in [3.05, 3.63) is 77.3 Å². The smallest absolute Gasteiger partial charge is 0.418 e. The fraction of sp³-hybridized carbons (Fsp3) is 0.421. The number of nitriles is 2. The Morgan fingerprint density at radius 1 is 1.15 bits per heavy atom. The monoisotopic (exact) mass is 722 g/mol. The highest BCUT2D eigenvalue weighted by Gasteiger charge is 2.35. The number of anilines is 2. The van der Waals surface area contributed by atoms with Gasteiger partial charge in [-0.3, -0.25) is 14.7 Å². The van der Waals surface area contributed by atoms with E-state index in [2.05, 4.69) is 49.2 Å². The maximum atomic E-state index is 14.5. The summed E-state index contributed by atoms with van der Waals surface area (Å²) in [7, 11) is 1.98. The van der Waals surface area contributed by atoms with E-state index in [0.29, 0.717) is 53.7 Å². The van der Waals surface area contributed by atoms with Crippen molar-refractivity contribution in [1.29, 1.82) is 10.5 Å². The third kappa shape index (κ3) is 8.76. The molecule has 1 fully saturated rings. The molecule has 1 saturated heterocycles. The molecule has 53 heavy (non-hydrogen) atoms. The Bertz CT molecular complexity index is 2100. The Morgan fingerprint density at radius 3 is 2.51 bits per heavy atom. The van der Waals surface area contributed by atoms with Gasteiger partial charge in [-0.15, -0.1) is 5.10 Å². The van der Waals surface area contributed by atoms with Gasteiger partial charge in [-0.05, 0) is 69.9 Å². The average Bonchev–Trinajstić information content (AvgIpc) is 3.62. The molecule has 276 valence electrons. The number of carbonyl (C=O) groups is 2. The second-order valence-corrected chi connectivity index (χ2v) is 14.2. The second kappa shape index (κ2) is 16.2. The Labute approximate surface area is 307 Å². The molecule has 15 heteroatoms. The second-order valence-electron chi connectivity index (χ2n) is 14.2. The number of hydrogen-bond acceptors (Lipinski definition) is 12. The number of pyridine rings is 2. The van der Waals surface area contributed by atoms with Gasteiger partial charge in [0.15, 0.2) is 0 Å². The van der Waals surface area contributed by atoms with Crippen LogP contribution < -0.4 is 10.2 Å². The minimum Gasteiger partial charge on any atom is -0.428 e. The third-order valence-electron chi connectivity index (χ3n) is 9.07. The molecule has 0 saturated carbocycles. The van der Waals surface area contributed by atoms with E-state index in [1.807, 2.05) is 34.7 Å². The summed E-state index contributed by atoms with van der Waals surface area (Å²) < 4.78 is 27.0. The number of aryl methyl sites for hydroxylation is 1. The van der Waals surface area contributed by atoms with Crippen LogP contribution in [0.5, 0.6) is 0 Å². The van der Waals surface area contributed by atoms with Crippen LogP contribution in [0.15, 0.2) is 43.2 Å². The van der Waals surface area contributed by atoms with Gasteiger partial charge < -0.3 is 19.7 Å². The Kier molecular flexibility index (Phi) is 11.7. The van der Waals surface area contributed by atoms with Crippen LogP contribution in [0, 0.1) is 46.9 Å². The zero-order chi connectivity index (χ0) is 38.4. The molecular weight excluding hydrogens is 679 g/mol. The number of hydrogen-bond donors (Lipinski definition) is 1. The van der Waals surface area contributed by atoms with Crippen LogP contribution in [0.1, 0.15) is 81.1 Å². The SMILES string of the molecule is C=C(CC)n1cc([C@H](c2ccc(F)nc2C)N(C(=O)OCOC(=O)C2CCN(C)CC2)c2cc(C#N)c3ncc(C#N)c(NCC(C)(C)C)c3c2)nn1. The van der Waals surface area contributed by atoms with Gasteiger partial charge in [0.2, 0.25) is 12.7 Å². The lowest BCUT2D eigenvalue weighted by Gasteiger charge is -2.31. The Morgan fingerprint density at radius 2 is 1.87 bits per heavy atom. The minimum absolute atomic E-state index is 0.100. The average molecular weight is 723 g/mol. The molecule has 5 rings (SSSR count). The van der Waals surface area contributed by atoms with Gasteiger partial charge in [-0.1, -0.05) is 45.6 Å². The highest BCUT2D eigenvalue weighted by atomic mass is 19.1. The number of esters is 1. The number of rotatable bonds is 11. The first-order valence-electron chi connectivity index (χ1n) is 17.3. The fourth-order valence-corrected chi connectivity index (χ4v) is 6.05. The van der Waals surface area contributed by atoms with Crippen molar-refractivity contribution in [2.75, 3.05) is 43.7 Å². The van der Waals surface area contributed by atoms with Gasteiger partial charge in [0, 0.05) is 35.1 Å². The fourth-order valence-electron chi connectivity index (χ4n) is 6.05. The predicted octanol–water partition coefficient (Wildman–Crippen LogP) is 6.33.